The number of aliphatic carboxylic acids is 1. The van der Waals surface area contributed by atoms with Crippen molar-refractivity contribution >= 4 is 11.9 Å². The molecule has 1 heterocycles. The number of aromatic nitrogens is 1. The van der Waals surface area contributed by atoms with E-state index in [2.05, 4.69) is 21.6 Å². The van der Waals surface area contributed by atoms with Crippen molar-refractivity contribution in [3.05, 3.63) is 29.6 Å². The van der Waals surface area contributed by atoms with Crippen molar-refractivity contribution in [3.63, 3.8) is 0 Å². The highest BCUT2D eigenvalue weighted by Crippen LogP contribution is 2.02. The standard InChI is InChI=1S/C11H9NO4/c1-16-11(15)8-5-6-12-9(7-8)3-2-4-10(13)14/h5-7H,4H2,1H3,(H,13,14). The van der Waals surface area contributed by atoms with Crippen molar-refractivity contribution in [1.82, 2.24) is 4.98 Å². The highest BCUT2D eigenvalue weighted by Gasteiger charge is 2.04. The molecule has 0 aliphatic carbocycles. The molecule has 0 saturated heterocycles. The minimum absolute atomic E-state index is 0.260. The smallest absolute Gasteiger partial charge is 0.338 e. The number of methoxy groups -OCH3 is 1. The Hall–Kier alpha value is -2.35. The van der Waals surface area contributed by atoms with Gasteiger partial charge in [0.15, 0.2) is 0 Å². The molecule has 5 nitrogen and oxygen atoms in total. The van der Waals surface area contributed by atoms with Gasteiger partial charge < -0.3 is 9.84 Å². The van der Waals surface area contributed by atoms with Gasteiger partial charge in [0.1, 0.15) is 12.1 Å². The first kappa shape index (κ1) is 11.7. The molecule has 0 unspecified atom stereocenters. The molecule has 0 aromatic carbocycles. The second-order valence-corrected chi connectivity index (χ2v) is 2.79. The lowest BCUT2D eigenvalue weighted by molar-refractivity contribution is -0.135. The number of carboxylic acid groups (broad SMARTS) is 1. The van der Waals surface area contributed by atoms with Gasteiger partial charge in [0.2, 0.25) is 0 Å². The van der Waals surface area contributed by atoms with Gasteiger partial charge in [0.25, 0.3) is 0 Å². The number of carbonyl (C=O) groups is 2. The molecule has 0 fully saturated rings. The molecule has 1 N–H and O–H groups in total. The van der Waals surface area contributed by atoms with Crippen LogP contribution in [-0.4, -0.2) is 29.1 Å². The normalized spacial score (nSPS) is 8.81. The first-order chi connectivity index (χ1) is 7.63. The lowest BCUT2D eigenvalue weighted by Gasteiger charge is -1.97. The number of hydrogen-bond acceptors (Lipinski definition) is 4. The Morgan fingerprint density at radius 1 is 1.56 bits per heavy atom. The molecule has 0 atom stereocenters. The predicted octanol–water partition coefficient (Wildman–Crippen LogP) is 0.694. The number of carbonyl (C=O) groups excluding carboxylic acids is 1. The molecular weight excluding hydrogens is 210 g/mol. The van der Waals surface area contributed by atoms with Crippen molar-refractivity contribution in [2.75, 3.05) is 7.11 Å². The Kier molecular flexibility index (Phi) is 4.04. The van der Waals surface area contributed by atoms with Crippen molar-refractivity contribution in [2.24, 2.45) is 0 Å². The summed E-state index contributed by atoms with van der Waals surface area (Å²) in [5.74, 6) is 3.48. The fraction of sp³-hybridized carbons (Fsp3) is 0.182. The van der Waals surface area contributed by atoms with E-state index in [0.29, 0.717) is 11.3 Å². The topological polar surface area (TPSA) is 76.5 Å². The van der Waals surface area contributed by atoms with E-state index in [4.69, 9.17) is 5.11 Å². The van der Waals surface area contributed by atoms with Crippen LogP contribution < -0.4 is 0 Å². The summed E-state index contributed by atoms with van der Waals surface area (Å²) < 4.78 is 4.52. The summed E-state index contributed by atoms with van der Waals surface area (Å²) in [5, 5.41) is 8.38. The number of rotatable bonds is 2. The summed E-state index contributed by atoms with van der Waals surface area (Å²) in [6.07, 6.45) is 1.15. The predicted molar refractivity (Wildman–Crippen MR) is 54.7 cm³/mol. The zero-order chi connectivity index (χ0) is 12.0. The van der Waals surface area contributed by atoms with Crippen molar-refractivity contribution in [1.29, 1.82) is 0 Å². The zero-order valence-corrected chi connectivity index (χ0v) is 8.56. The number of nitrogens with zero attached hydrogens (tertiary/aromatic N) is 1. The fourth-order valence-corrected chi connectivity index (χ4v) is 0.954. The molecule has 1 rings (SSSR count). The van der Waals surface area contributed by atoms with Gasteiger partial charge in [0, 0.05) is 6.20 Å². The van der Waals surface area contributed by atoms with E-state index in [1.807, 2.05) is 0 Å². The maximum atomic E-state index is 11.2. The van der Waals surface area contributed by atoms with Crippen LogP contribution in [0.3, 0.4) is 0 Å². The van der Waals surface area contributed by atoms with Gasteiger partial charge in [-0.15, -0.1) is 0 Å². The Morgan fingerprint density at radius 3 is 2.94 bits per heavy atom. The molecule has 0 spiro atoms. The van der Waals surface area contributed by atoms with Gasteiger partial charge in [-0.2, -0.15) is 0 Å². The van der Waals surface area contributed by atoms with Crippen LogP contribution in [0.2, 0.25) is 0 Å². The van der Waals surface area contributed by atoms with E-state index in [1.165, 1.54) is 25.4 Å². The van der Waals surface area contributed by atoms with E-state index in [-0.39, 0.29) is 6.42 Å². The largest absolute Gasteiger partial charge is 0.481 e. The molecule has 1 aromatic rings. The number of ether oxygens (including phenoxy) is 1. The molecule has 0 aliphatic heterocycles. The van der Waals surface area contributed by atoms with Gasteiger partial charge in [-0.05, 0) is 18.1 Å². The number of esters is 1. The Bertz CT molecular complexity index is 470. The average Bonchev–Trinajstić information content (AvgIpc) is 2.28. The van der Waals surface area contributed by atoms with Crippen molar-refractivity contribution in [2.45, 2.75) is 6.42 Å². The summed E-state index contributed by atoms with van der Waals surface area (Å²) >= 11 is 0. The van der Waals surface area contributed by atoms with Crippen LogP contribution in [0.25, 0.3) is 0 Å². The number of hydrogen-bond donors (Lipinski definition) is 1. The third kappa shape index (κ3) is 3.42. The monoisotopic (exact) mass is 219 g/mol. The first-order valence-corrected chi connectivity index (χ1v) is 4.38. The summed E-state index contributed by atoms with van der Waals surface area (Å²) in [6, 6.07) is 2.94. The molecule has 0 bridgehead atoms. The van der Waals surface area contributed by atoms with Crippen LogP contribution in [-0.2, 0) is 9.53 Å². The maximum absolute atomic E-state index is 11.2. The quantitative estimate of drug-likeness (QED) is 0.585. The molecule has 1 aromatic heterocycles. The minimum atomic E-state index is -1.00. The van der Waals surface area contributed by atoms with Crippen molar-refractivity contribution in [3.8, 4) is 11.8 Å². The van der Waals surface area contributed by atoms with E-state index in [1.54, 1.807) is 0 Å². The number of pyridine rings is 1. The van der Waals surface area contributed by atoms with Crippen LogP contribution in [0.15, 0.2) is 18.3 Å². The second-order valence-electron chi connectivity index (χ2n) is 2.79. The Balaban J connectivity index is 2.85. The second kappa shape index (κ2) is 5.51. The third-order valence-corrected chi connectivity index (χ3v) is 1.64. The molecular formula is C11H9NO4. The van der Waals surface area contributed by atoms with Crippen LogP contribution in [0.1, 0.15) is 22.5 Å². The lowest BCUT2D eigenvalue weighted by Crippen LogP contribution is -2.01. The first-order valence-electron chi connectivity index (χ1n) is 4.38. The highest BCUT2D eigenvalue weighted by atomic mass is 16.5. The van der Waals surface area contributed by atoms with Crippen molar-refractivity contribution < 1.29 is 19.4 Å². The molecule has 0 aliphatic rings. The van der Waals surface area contributed by atoms with Crippen LogP contribution in [0, 0.1) is 11.8 Å². The molecule has 0 saturated carbocycles. The molecule has 5 heteroatoms. The van der Waals surface area contributed by atoms with Gasteiger partial charge >= 0.3 is 11.9 Å². The van der Waals surface area contributed by atoms with E-state index < -0.39 is 11.9 Å². The fourth-order valence-electron chi connectivity index (χ4n) is 0.954. The lowest BCUT2D eigenvalue weighted by atomic mass is 10.2. The third-order valence-electron chi connectivity index (χ3n) is 1.64. The molecule has 0 amide bonds. The summed E-state index contributed by atoms with van der Waals surface area (Å²) in [6.45, 7) is 0. The summed E-state index contributed by atoms with van der Waals surface area (Å²) in [7, 11) is 1.28. The average molecular weight is 219 g/mol. The van der Waals surface area contributed by atoms with Crippen LogP contribution >= 0.6 is 0 Å². The molecule has 16 heavy (non-hydrogen) atoms. The zero-order valence-electron chi connectivity index (χ0n) is 8.56. The molecule has 82 valence electrons. The SMILES string of the molecule is COC(=O)c1ccnc(C#CCC(=O)O)c1. The van der Waals surface area contributed by atoms with Gasteiger partial charge in [0.05, 0.1) is 12.7 Å². The van der Waals surface area contributed by atoms with Gasteiger partial charge in [-0.1, -0.05) is 5.92 Å². The summed E-state index contributed by atoms with van der Waals surface area (Å²) in [5.41, 5.74) is 0.668. The van der Waals surface area contributed by atoms with E-state index >= 15 is 0 Å². The van der Waals surface area contributed by atoms with E-state index in [9.17, 15) is 9.59 Å². The maximum Gasteiger partial charge on any atom is 0.338 e. The Morgan fingerprint density at radius 2 is 2.31 bits per heavy atom. The minimum Gasteiger partial charge on any atom is -0.481 e. The summed E-state index contributed by atoms with van der Waals surface area (Å²) in [4.78, 5) is 25.2. The number of carboxylic acids is 1. The van der Waals surface area contributed by atoms with Crippen LogP contribution in [0.4, 0.5) is 0 Å². The van der Waals surface area contributed by atoms with E-state index in [0.717, 1.165) is 0 Å². The van der Waals surface area contributed by atoms with Crippen LogP contribution in [0.5, 0.6) is 0 Å². The molecule has 0 radical (unpaired) electrons. The van der Waals surface area contributed by atoms with Gasteiger partial charge in [-0.3, -0.25) is 4.79 Å². The van der Waals surface area contributed by atoms with Gasteiger partial charge in [-0.25, -0.2) is 9.78 Å². The Labute approximate surface area is 92.1 Å². The highest BCUT2D eigenvalue weighted by molar-refractivity contribution is 5.89.